The van der Waals surface area contributed by atoms with Crippen LogP contribution in [-0.4, -0.2) is 45.1 Å². The van der Waals surface area contributed by atoms with Gasteiger partial charge in [-0.05, 0) is 64.1 Å². The molecule has 2 N–H and O–H groups in total. The lowest BCUT2D eigenvalue weighted by Crippen LogP contribution is -2.24. The van der Waals surface area contributed by atoms with Gasteiger partial charge in [0.15, 0.2) is 5.16 Å². The molecule has 0 aliphatic carbocycles. The molecular weight excluding hydrogens is 604 g/mol. The van der Waals surface area contributed by atoms with Crippen molar-refractivity contribution < 1.29 is 28.2 Å². The van der Waals surface area contributed by atoms with Crippen LogP contribution in [0.1, 0.15) is 15.9 Å². The third-order valence-electron chi connectivity index (χ3n) is 5.47. The van der Waals surface area contributed by atoms with Crippen LogP contribution in [0.5, 0.6) is 5.75 Å². The molecule has 4 aromatic rings. The Balaban J connectivity index is 1.52. The van der Waals surface area contributed by atoms with Crippen LogP contribution in [0, 0.1) is 0 Å². The summed E-state index contributed by atoms with van der Waals surface area (Å²) in [5.41, 5.74) is -0.752. The van der Waals surface area contributed by atoms with Crippen LogP contribution < -0.4 is 10.1 Å². The number of fused-ring (bicyclic) bond motifs is 1. The Bertz CT molecular complexity index is 1400. The number of carbonyl (C=O) groups excluding carboxylic acids is 1. The summed E-state index contributed by atoms with van der Waals surface area (Å²) in [6, 6.07) is 18.4. The summed E-state index contributed by atoms with van der Waals surface area (Å²) in [5, 5.41) is 13.4. The van der Waals surface area contributed by atoms with Gasteiger partial charge < -0.3 is 24.5 Å². The fourth-order valence-electron chi connectivity index (χ4n) is 3.75. The number of alkyl halides is 3. The summed E-state index contributed by atoms with van der Waals surface area (Å²) >= 11 is 9.78. The third kappa shape index (κ3) is 7.23. The number of ether oxygens (including phenoxy) is 2. The molecule has 7 nitrogen and oxygen atoms in total. The molecule has 38 heavy (non-hydrogen) atoms. The van der Waals surface area contributed by atoms with E-state index in [9.17, 15) is 18.7 Å². The van der Waals surface area contributed by atoms with E-state index in [0.717, 1.165) is 11.1 Å². The van der Waals surface area contributed by atoms with E-state index in [1.807, 2.05) is 41.2 Å². The van der Waals surface area contributed by atoms with Crippen molar-refractivity contribution in [2.75, 3.05) is 18.2 Å². The van der Waals surface area contributed by atoms with E-state index in [2.05, 4.69) is 31.0 Å². The fraction of sp³-hybridized carbons (Fsp3) is 0.231. The fourth-order valence-corrected chi connectivity index (χ4v) is 5.08. The van der Waals surface area contributed by atoms with Crippen molar-refractivity contribution >= 4 is 61.9 Å². The average molecular weight is 627 g/mol. The van der Waals surface area contributed by atoms with E-state index < -0.39 is 17.6 Å². The molecule has 12 heteroatoms. The standard InChI is InChI=1S/C26H23BrClF2N3O4S/c1-38-25-32-22-12-17(24(35)31-18-7-9-19(10-8-18)37-26(28,29)30)11-21(27)23(22)33(25)13-20(14-34)36-15-16-5-3-2-4-6-16/h2-12,20,34H,13-15H2,1H3,(H,31,35). The number of halogens is 4. The van der Waals surface area contributed by atoms with Crippen molar-refractivity contribution in [1.29, 1.82) is 0 Å². The van der Waals surface area contributed by atoms with Crippen LogP contribution in [0.15, 0.2) is 76.4 Å². The molecule has 4 rings (SSSR count). The van der Waals surface area contributed by atoms with E-state index in [4.69, 9.17) is 16.3 Å². The van der Waals surface area contributed by atoms with Crippen LogP contribution in [0.3, 0.4) is 0 Å². The number of nitrogens with zero attached hydrogens (tertiary/aromatic N) is 2. The molecule has 1 heterocycles. The quantitative estimate of drug-likeness (QED) is 0.146. The summed E-state index contributed by atoms with van der Waals surface area (Å²) in [7, 11) is 0. The summed E-state index contributed by atoms with van der Waals surface area (Å²) < 4.78 is 38.4. The minimum absolute atomic E-state index is 0.142. The molecule has 1 aromatic heterocycles. The molecule has 0 spiro atoms. The SMILES string of the molecule is CSc1nc2cc(C(=O)Nc3ccc(OC(F)(F)Cl)cc3)cc(Br)c2n1CC(CO)OCc1ccccc1. The van der Waals surface area contributed by atoms with Crippen molar-refractivity contribution in [3.63, 3.8) is 0 Å². The molecule has 0 saturated heterocycles. The predicted molar refractivity (Wildman–Crippen MR) is 147 cm³/mol. The second kappa shape index (κ2) is 12.4. The number of rotatable bonds is 11. The van der Waals surface area contributed by atoms with Crippen LogP contribution in [0.2, 0.25) is 0 Å². The Morgan fingerprint density at radius 3 is 2.55 bits per heavy atom. The zero-order chi connectivity index (χ0) is 27.3. The molecule has 0 fully saturated rings. The second-order valence-corrected chi connectivity index (χ2v) is 10.2. The summed E-state index contributed by atoms with van der Waals surface area (Å²) in [4.78, 5) is 17.6. The highest BCUT2D eigenvalue weighted by atomic mass is 79.9. The van der Waals surface area contributed by atoms with E-state index in [-0.39, 0.29) is 12.4 Å². The molecule has 0 aliphatic heterocycles. The Kier molecular flexibility index (Phi) is 9.27. The lowest BCUT2D eigenvalue weighted by molar-refractivity contribution is -0.0964. The highest BCUT2D eigenvalue weighted by Crippen LogP contribution is 2.31. The largest absolute Gasteiger partial charge is 0.487 e. The van der Waals surface area contributed by atoms with Gasteiger partial charge >= 0.3 is 5.57 Å². The highest BCUT2D eigenvalue weighted by molar-refractivity contribution is 9.10. The Morgan fingerprint density at radius 2 is 1.92 bits per heavy atom. The molecule has 0 radical (unpaired) electrons. The Morgan fingerprint density at radius 1 is 1.21 bits per heavy atom. The molecule has 1 atom stereocenters. The molecule has 0 saturated carbocycles. The van der Waals surface area contributed by atoms with E-state index in [1.165, 1.54) is 36.0 Å². The molecular formula is C26H23BrClF2N3O4S. The summed E-state index contributed by atoms with van der Waals surface area (Å²) in [6.45, 7) is 0.543. The Labute approximate surface area is 235 Å². The monoisotopic (exact) mass is 625 g/mol. The van der Waals surface area contributed by atoms with Crippen molar-refractivity contribution in [3.8, 4) is 5.75 Å². The zero-order valence-electron chi connectivity index (χ0n) is 20.0. The topological polar surface area (TPSA) is 85.6 Å². The van der Waals surface area contributed by atoms with Gasteiger partial charge in [-0.1, -0.05) is 42.1 Å². The van der Waals surface area contributed by atoms with E-state index in [1.54, 1.807) is 12.1 Å². The summed E-state index contributed by atoms with van der Waals surface area (Å²) in [5.74, 6) is -0.556. The van der Waals surface area contributed by atoms with Gasteiger partial charge in [0.25, 0.3) is 5.91 Å². The van der Waals surface area contributed by atoms with Gasteiger partial charge in [-0.2, -0.15) is 0 Å². The number of benzene rings is 3. The normalized spacial score (nSPS) is 12.5. The van der Waals surface area contributed by atoms with Gasteiger partial charge in [-0.25, -0.2) is 4.98 Å². The molecule has 1 amide bonds. The maximum Gasteiger partial charge on any atom is 0.487 e. The summed E-state index contributed by atoms with van der Waals surface area (Å²) in [6.07, 6.45) is 1.42. The maximum atomic E-state index is 12.9. The van der Waals surface area contributed by atoms with E-state index in [0.29, 0.717) is 39.5 Å². The van der Waals surface area contributed by atoms with Crippen molar-refractivity contribution in [3.05, 3.63) is 82.3 Å². The molecule has 200 valence electrons. The average Bonchev–Trinajstić information content (AvgIpc) is 3.25. The molecule has 0 aliphatic rings. The van der Waals surface area contributed by atoms with E-state index >= 15 is 0 Å². The first-order valence-corrected chi connectivity index (χ1v) is 13.7. The van der Waals surface area contributed by atoms with Gasteiger partial charge in [0.1, 0.15) is 5.75 Å². The molecule has 3 aromatic carbocycles. The molecule has 0 bridgehead atoms. The van der Waals surface area contributed by atoms with Gasteiger partial charge in [0, 0.05) is 27.3 Å². The van der Waals surface area contributed by atoms with Crippen molar-refractivity contribution in [2.45, 2.75) is 30.0 Å². The van der Waals surface area contributed by atoms with Gasteiger partial charge in [-0.3, -0.25) is 4.79 Å². The van der Waals surface area contributed by atoms with Crippen molar-refractivity contribution in [2.24, 2.45) is 0 Å². The molecule has 1 unspecified atom stereocenters. The number of aliphatic hydroxyl groups excluding tert-OH is 1. The third-order valence-corrected chi connectivity index (χ3v) is 6.83. The predicted octanol–water partition coefficient (Wildman–Crippen LogP) is 6.52. The minimum atomic E-state index is -3.82. The number of imidazole rings is 1. The number of hydrogen-bond donors (Lipinski definition) is 2. The second-order valence-electron chi connectivity index (χ2n) is 8.16. The van der Waals surface area contributed by atoms with Gasteiger partial charge in [-0.15, -0.1) is 8.78 Å². The van der Waals surface area contributed by atoms with Crippen LogP contribution in [-0.2, 0) is 17.9 Å². The maximum absolute atomic E-state index is 12.9. The number of hydrogen-bond acceptors (Lipinski definition) is 6. The van der Waals surface area contributed by atoms with Crippen LogP contribution >= 0.6 is 39.3 Å². The van der Waals surface area contributed by atoms with Gasteiger partial charge in [0.2, 0.25) is 0 Å². The zero-order valence-corrected chi connectivity index (χ0v) is 23.2. The highest BCUT2D eigenvalue weighted by Gasteiger charge is 2.27. The van der Waals surface area contributed by atoms with Crippen LogP contribution in [0.4, 0.5) is 14.5 Å². The number of thioether (sulfide) groups is 1. The number of amides is 1. The lowest BCUT2D eigenvalue weighted by atomic mass is 10.1. The first-order valence-electron chi connectivity index (χ1n) is 11.3. The van der Waals surface area contributed by atoms with Crippen LogP contribution in [0.25, 0.3) is 11.0 Å². The first kappa shape index (κ1) is 28.3. The smallest absolute Gasteiger partial charge is 0.420 e. The van der Waals surface area contributed by atoms with Gasteiger partial charge in [0.05, 0.1) is 36.9 Å². The number of nitrogens with one attached hydrogen (secondary N) is 1. The number of carbonyl (C=O) groups is 1. The Hall–Kier alpha value is -2.70. The lowest BCUT2D eigenvalue weighted by Gasteiger charge is -2.18. The number of aliphatic hydroxyl groups is 1. The number of aromatic nitrogens is 2. The number of anilines is 1. The van der Waals surface area contributed by atoms with Crippen molar-refractivity contribution in [1.82, 2.24) is 9.55 Å². The first-order chi connectivity index (χ1) is 18.2. The minimum Gasteiger partial charge on any atom is -0.420 e.